The number of rotatable bonds is 4. The maximum Gasteiger partial charge on any atom is 0.253 e. The normalized spacial score (nSPS) is 21.5. The van der Waals surface area contributed by atoms with Gasteiger partial charge in [0.05, 0.1) is 0 Å². The van der Waals surface area contributed by atoms with Crippen molar-refractivity contribution in [1.29, 1.82) is 0 Å². The third-order valence-corrected chi connectivity index (χ3v) is 6.52. The Hall–Kier alpha value is -2.17. The smallest absolute Gasteiger partial charge is 0.253 e. The minimum atomic E-state index is 0.0956. The van der Waals surface area contributed by atoms with Crippen LogP contribution in [0.25, 0.3) is 0 Å². The quantitative estimate of drug-likeness (QED) is 0.826. The molecular formula is C25H33N3O. The van der Waals surface area contributed by atoms with E-state index in [0.29, 0.717) is 17.8 Å². The van der Waals surface area contributed by atoms with Crippen LogP contribution in [0.1, 0.15) is 54.6 Å². The van der Waals surface area contributed by atoms with E-state index >= 15 is 0 Å². The van der Waals surface area contributed by atoms with E-state index in [-0.39, 0.29) is 11.3 Å². The van der Waals surface area contributed by atoms with Crippen molar-refractivity contribution in [3.8, 4) is 0 Å². The third-order valence-electron chi connectivity index (χ3n) is 6.52. The maximum absolute atomic E-state index is 13.1. The molecule has 4 heteroatoms. The van der Waals surface area contributed by atoms with Crippen LogP contribution in [0, 0.1) is 17.3 Å². The molecule has 1 amide bonds. The summed E-state index contributed by atoms with van der Waals surface area (Å²) in [6, 6.07) is 19.0. The van der Waals surface area contributed by atoms with Crippen molar-refractivity contribution in [3.05, 3.63) is 71.3 Å². The number of likely N-dealkylation sites (tertiary alicyclic amines) is 1. The van der Waals surface area contributed by atoms with Gasteiger partial charge in [-0.2, -0.15) is 0 Å². The fourth-order valence-corrected chi connectivity index (χ4v) is 5.01. The molecule has 2 saturated heterocycles. The summed E-state index contributed by atoms with van der Waals surface area (Å²) >= 11 is 0. The van der Waals surface area contributed by atoms with E-state index < -0.39 is 0 Å². The Morgan fingerprint density at radius 1 is 0.931 bits per heavy atom. The van der Waals surface area contributed by atoms with Gasteiger partial charge in [-0.05, 0) is 46.9 Å². The second-order valence-corrected chi connectivity index (χ2v) is 9.65. The average molecular weight is 392 g/mol. The van der Waals surface area contributed by atoms with E-state index in [1.807, 2.05) is 17.0 Å². The van der Waals surface area contributed by atoms with Gasteiger partial charge in [-0.1, -0.05) is 63.2 Å². The molecule has 0 spiro atoms. The lowest BCUT2D eigenvalue weighted by Crippen LogP contribution is -2.30. The average Bonchev–Trinajstić information content (AvgIpc) is 3.40. The van der Waals surface area contributed by atoms with Crippen molar-refractivity contribution in [3.63, 3.8) is 0 Å². The lowest BCUT2D eigenvalue weighted by molar-refractivity contribution is 0.0783. The van der Waals surface area contributed by atoms with E-state index in [2.05, 4.69) is 74.1 Å². The molecule has 2 aromatic rings. The van der Waals surface area contributed by atoms with Crippen LogP contribution in [0.15, 0.2) is 54.6 Å². The number of hydrazine groups is 1. The van der Waals surface area contributed by atoms with E-state index in [9.17, 15) is 4.79 Å². The Morgan fingerprint density at radius 3 is 2.17 bits per heavy atom. The second-order valence-electron chi connectivity index (χ2n) is 9.65. The van der Waals surface area contributed by atoms with Crippen LogP contribution in [-0.2, 0) is 0 Å². The zero-order chi connectivity index (χ0) is 20.4. The molecule has 0 radical (unpaired) electrons. The summed E-state index contributed by atoms with van der Waals surface area (Å²) in [6.45, 7) is 10.6. The van der Waals surface area contributed by atoms with E-state index in [1.54, 1.807) is 0 Å². The molecule has 2 fully saturated rings. The van der Waals surface area contributed by atoms with Crippen LogP contribution < -0.4 is 10.9 Å². The van der Waals surface area contributed by atoms with Gasteiger partial charge < -0.3 is 4.90 Å². The van der Waals surface area contributed by atoms with Crippen LogP contribution in [-0.4, -0.2) is 37.0 Å². The largest absolute Gasteiger partial charge is 0.338 e. The van der Waals surface area contributed by atoms with Crippen LogP contribution in [0.4, 0.5) is 0 Å². The molecule has 4 nitrogen and oxygen atoms in total. The van der Waals surface area contributed by atoms with Gasteiger partial charge in [0.1, 0.15) is 0 Å². The number of amides is 1. The number of nitrogens with one attached hydrogen (secondary N) is 2. The number of nitrogens with zero attached hydrogens (tertiary/aromatic N) is 1. The zero-order valence-electron chi connectivity index (χ0n) is 17.8. The predicted molar refractivity (Wildman–Crippen MR) is 118 cm³/mol. The highest BCUT2D eigenvalue weighted by Crippen LogP contribution is 2.40. The number of benzene rings is 2. The van der Waals surface area contributed by atoms with Crippen LogP contribution in [0.3, 0.4) is 0 Å². The SMILES string of the molecule is CC(C)(C)C(c1ccccc1)c1ccc(C(=O)N2CCC(C3CNNC3)C2)cc1. The van der Waals surface area contributed by atoms with Gasteiger partial charge in [0, 0.05) is 37.7 Å². The fraction of sp³-hybridized carbons (Fsp3) is 0.480. The first kappa shape index (κ1) is 20.1. The van der Waals surface area contributed by atoms with Gasteiger partial charge in [0.15, 0.2) is 0 Å². The van der Waals surface area contributed by atoms with Crippen LogP contribution in [0.5, 0.6) is 0 Å². The molecule has 2 aliphatic rings. The lowest BCUT2D eigenvalue weighted by Gasteiger charge is -2.32. The van der Waals surface area contributed by atoms with E-state index in [1.165, 1.54) is 11.1 Å². The Kier molecular flexibility index (Phi) is 5.75. The summed E-state index contributed by atoms with van der Waals surface area (Å²) in [6.07, 6.45) is 1.11. The predicted octanol–water partition coefficient (Wildman–Crippen LogP) is 4.05. The number of hydrogen-bond donors (Lipinski definition) is 2. The Labute approximate surface area is 174 Å². The van der Waals surface area contributed by atoms with Crippen molar-refractivity contribution in [1.82, 2.24) is 15.8 Å². The van der Waals surface area contributed by atoms with Crippen LogP contribution >= 0.6 is 0 Å². The van der Waals surface area contributed by atoms with Gasteiger partial charge in [0.25, 0.3) is 5.91 Å². The van der Waals surface area contributed by atoms with Gasteiger partial charge in [-0.15, -0.1) is 0 Å². The van der Waals surface area contributed by atoms with Crippen LogP contribution in [0.2, 0.25) is 0 Å². The minimum Gasteiger partial charge on any atom is -0.338 e. The van der Waals surface area contributed by atoms with Crippen molar-refractivity contribution in [2.75, 3.05) is 26.2 Å². The number of carbonyl (C=O) groups is 1. The molecule has 0 aromatic heterocycles. The number of carbonyl (C=O) groups excluding carboxylic acids is 1. The molecule has 0 saturated carbocycles. The zero-order valence-corrected chi connectivity index (χ0v) is 17.8. The highest BCUT2D eigenvalue weighted by molar-refractivity contribution is 5.94. The highest BCUT2D eigenvalue weighted by atomic mass is 16.2. The Bertz CT molecular complexity index is 819. The molecular weight excluding hydrogens is 358 g/mol. The fourth-order valence-electron chi connectivity index (χ4n) is 5.01. The molecule has 4 rings (SSSR count). The van der Waals surface area contributed by atoms with Gasteiger partial charge in [-0.25, -0.2) is 0 Å². The topological polar surface area (TPSA) is 44.4 Å². The molecule has 0 aliphatic carbocycles. The minimum absolute atomic E-state index is 0.0956. The monoisotopic (exact) mass is 391 g/mol. The molecule has 29 heavy (non-hydrogen) atoms. The molecule has 0 bridgehead atoms. The lowest BCUT2D eigenvalue weighted by atomic mass is 9.72. The van der Waals surface area contributed by atoms with Gasteiger partial charge in [0.2, 0.25) is 0 Å². The molecule has 2 heterocycles. The first-order chi connectivity index (χ1) is 13.9. The number of hydrogen-bond acceptors (Lipinski definition) is 3. The highest BCUT2D eigenvalue weighted by Gasteiger charge is 2.34. The van der Waals surface area contributed by atoms with Crippen molar-refractivity contribution >= 4 is 5.91 Å². The Morgan fingerprint density at radius 2 is 1.55 bits per heavy atom. The van der Waals surface area contributed by atoms with Gasteiger partial charge in [-0.3, -0.25) is 15.6 Å². The molecule has 2 aromatic carbocycles. The summed E-state index contributed by atoms with van der Waals surface area (Å²) in [5.74, 6) is 1.70. The van der Waals surface area contributed by atoms with E-state index in [4.69, 9.17) is 0 Å². The van der Waals surface area contributed by atoms with Crippen molar-refractivity contribution in [2.45, 2.75) is 33.1 Å². The summed E-state index contributed by atoms with van der Waals surface area (Å²) in [5, 5.41) is 0. The summed E-state index contributed by atoms with van der Waals surface area (Å²) in [7, 11) is 0. The molecule has 154 valence electrons. The van der Waals surface area contributed by atoms with Crippen molar-refractivity contribution < 1.29 is 4.79 Å². The maximum atomic E-state index is 13.1. The standard InChI is InChI=1S/C25H33N3O/c1-25(2,3)23(18-7-5-4-6-8-18)19-9-11-20(12-10-19)24(29)28-14-13-21(17-28)22-15-26-27-16-22/h4-12,21-23,26-27H,13-17H2,1-3H3. The summed E-state index contributed by atoms with van der Waals surface area (Å²) in [4.78, 5) is 15.1. The molecule has 2 N–H and O–H groups in total. The van der Waals surface area contributed by atoms with Crippen molar-refractivity contribution in [2.24, 2.45) is 17.3 Å². The third kappa shape index (κ3) is 4.39. The first-order valence-electron chi connectivity index (χ1n) is 10.8. The summed E-state index contributed by atoms with van der Waals surface area (Å²) in [5.41, 5.74) is 9.91. The summed E-state index contributed by atoms with van der Waals surface area (Å²) < 4.78 is 0. The molecule has 2 aliphatic heterocycles. The van der Waals surface area contributed by atoms with Gasteiger partial charge >= 0.3 is 0 Å². The Balaban J connectivity index is 1.49. The first-order valence-corrected chi connectivity index (χ1v) is 10.8. The molecule has 2 atom stereocenters. The van der Waals surface area contributed by atoms with E-state index in [0.717, 1.165) is 38.2 Å². The molecule has 2 unspecified atom stereocenters. The second kappa shape index (κ2) is 8.29.